The highest BCUT2D eigenvalue weighted by molar-refractivity contribution is 5.87. The molecule has 2 aromatic carbocycles. The van der Waals surface area contributed by atoms with Gasteiger partial charge in [0.2, 0.25) is 0 Å². The predicted molar refractivity (Wildman–Crippen MR) is 186 cm³/mol. The molecule has 2 N–H and O–H groups in total. The molecule has 0 aliphatic carbocycles. The highest BCUT2D eigenvalue weighted by Crippen LogP contribution is 2.35. The van der Waals surface area contributed by atoms with Crippen LogP contribution in [0.2, 0.25) is 0 Å². The maximum absolute atomic E-state index is 13.1. The van der Waals surface area contributed by atoms with E-state index in [-0.39, 0.29) is 30.7 Å². The number of carbonyl (C=O) groups is 1. The Morgan fingerprint density at radius 2 is 1.39 bits per heavy atom. The van der Waals surface area contributed by atoms with E-state index in [0.29, 0.717) is 38.8 Å². The number of Topliss-reactive ketones (excluding diaryl/α,β-unsaturated/α-hetero) is 1. The van der Waals surface area contributed by atoms with Crippen LogP contribution in [0.4, 0.5) is 0 Å². The number of aliphatic hydroxyl groups is 2. The zero-order valence-corrected chi connectivity index (χ0v) is 30.0. The number of benzene rings is 2. The molecule has 6 atom stereocenters. The topological polar surface area (TPSA) is 94.5 Å². The summed E-state index contributed by atoms with van der Waals surface area (Å²) in [5.41, 5.74) is 1.72. The van der Waals surface area contributed by atoms with E-state index in [1.807, 2.05) is 97.0 Å². The van der Waals surface area contributed by atoms with Crippen LogP contribution in [-0.2, 0) is 37.0 Å². The van der Waals surface area contributed by atoms with E-state index in [2.05, 4.69) is 19.1 Å². The zero-order valence-electron chi connectivity index (χ0n) is 30.0. The zero-order chi connectivity index (χ0) is 34.4. The van der Waals surface area contributed by atoms with Gasteiger partial charge in [0.05, 0.1) is 37.4 Å². The standard InChI is InChI=1S/C24H38O5.C13H20O2.C2H6/c1-17(10-9-14-27-16-20-11-7-6-8-12-20)22(25)18(2)23(26)24(4,5)21-13-15-28-19(3)29-21;1-12(10-14)6-5-9-15-11-13-7-3-2-4-8-13;1-2/h6-8,11-12,17-19,21-22,25H,9-10,13-16H2,1-5H3;2-4,7-8,12,14H,5-6,9-11H2,1H3;1-2H3/t17?,18?,19?,21-,22-;12-;/m00./s1. The van der Waals surface area contributed by atoms with Crippen molar-refractivity contribution in [2.45, 2.75) is 119 Å². The van der Waals surface area contributed by atoms with Crippen molar-refractivity contribution in [2.24, 2.45) is 23.2 Å². The summed E-state index contributed by atoms with van der Waals surface area (Å²) >= 11 is 0. The van der Waals surface area contributed by atoms with Crippen LogP contribution in [0.1, 0.15) is 98.6 Å². The third-order valence-corrected chi connectivity index (χ3v) is 8.51. The Balaban J connectivity index is 0.000000522. The van der Waals surface area contributed by atoms with Gasteiger partial charge in [-0.05, 0) is 62.0 Å². The summed E-state index contributed by atoms with van der Waals surface area (Å²) in [5.74, 6) is 0.0354. The van der Waals surface area contributed by atoms with Gasteiger partial charge in [-0.2, -0.15) is 0 Å². The van der Waals surface area contributed by atoms with E-state index in [1.54, 1.807) is 0 Å². The molecule has 2 aromatic rings. The van der Waals surface area contributed by atoms with Crippen molar-refractivity contribution in [3.63, 3.8) is 0 Å². The number of ether oxygens (including phenoxy) is 4. The first-order valence-electron chi connectivity index (χ1n) is 17.4. The molecule has 0 radical (unpaired) electrons. The molecule has 262 valence electrons. The van der Waals surface area contributed by atoms with Crippen LogP contribution in [0, 0.1) is 23.2 Å². The van der Waals surface area contributed by atoms with Crippen molar-refractivity contribution in [1.29, 1.82) is 0 Å². The number of hydrogen-bond acceptors (Lipinski definition) is 7. The molecule has 1 fully saturated rings. The maximum atomic E-state index is 13.1. The predicted octanol–water partition coefficient (Wildman–Crippen LogP) is 8.00. The van der Waals surface area contributed by atoms with Crippen LogP contribution in [0.5, 0.6) is 0 Å². The van der Waals surface area contributed by atoms with Crippen molar-refractivity contribution in [3.05, 3.63) is 71.8 Å². The Labute approximate surface area is 280 Å². The Kier molecular flexibility index (Phi) is 21.9. The second-order valence-corrected chi connectivity index (χ2v) is 12.8. The third kappa shape index (κ3) is 16.1. The molecule has 7 nitrogen and oxygen atoms in total. The van der Waals surface area contributed by atoms with E-state index in [1.165, 1.54) is 5.56 Å². The van der Waals surface area contributed by atoms with Gasteiger partial charge in [0, 0.05) is 25.7 Å². The summed E-state index contributed by atoms with van der Waals surface area (Å²) in [6, 6.07) is 20.3. The Morgan fingerprint density at radius 1 is 0.891 bits per heavy atom. The third-order valence-electron chi connectivity index (χ3n) is 8.51. The van der Waals surface area contributed by atoms with E-state index in [4.69, 9.17) is 24.1 Å². The smallest absolute Gasteiger partial charge is 0.155 e. The van der Waals surface area contributed by atoms with Crippen molar-refractivity contribution in [1.82, 2.24) is 0 Å². The molecule has 3 unspecified atom stereocenters. The molecule has 1 saturated heterocycles. The van der Waals surface area contributed by atoms with Crippen LogP contribution in [0.25, 0.3) is 0 Å². The van der Waals surface area contributed by atoms with E-state index in [0.717, 1.165) is 37.9 Å². The summed E-state index contributed by atoms with van der Waals surface area (Å²) in [5, 5.41) is 19.6. The average molecular weight is 645 g/mol. The summed E-state index contributed by atoms with van der Waals surface area (Å²) < 4.78 is 22.5. The second-order valence-electron chi connectivity index (χ2n) is 12.8. The molecule has 1 aliphatic heterocycles. The van der Waals surface area contributed by atoms with Gasteiger partial charge in [-0.1, -0.05) is 109 Å². The Hall–Kier alpha value is -2.13. The molecule has 0 amide bonds. The van der Waals surface area contributed by atoms with Gasteiger partial charge in [0.25, 0.3) is 0 Å². The fraction of sp³-hybridized carbons (Fsp3) is 0.667. The molecule has 0 bridgehead atoms. The lowest BCUT2D eigenvalue weighted by atomic mass is 9.73. The number of hydrogen-bond donors (Lipinski definition) is 2. The van der Waals surface area contributed by atoms with Gasteiger partial charge in [0.15, 0.2) is 6.29 Å². The lowest BCUT2D eigenvalue weighted by molar-refractivity contribution is -0.227. The van der Waals surface area contributed by atoms with Crippen LogP contribution < -0.4 is 0 Å². The van der Waals surface area contributed by atoms with E-state index < -0.39 is 17.4 Å². The largest absolute Gasteiger partial charge is 0.396 e. The molecular formula is C39H64O7. The molecule has 0 aromatic heterocycles. The lowest BCUT2D eigenvalue weighted by Gasteiger charge is -2.40. The minimum atomic E-state index is -0.673. The summed E-state index contributed by atoms with van der Waals surface area (Å²) in [4.78, 5) is 13.1. The van der Waals surface area contributed by atoms with E-state index >= 15 is 0 Å². The number of rotatable bonds is 18. The first kappa shape index (κ1) is 41.9. The van der Waals surface area contributed by atoms with Gasteiger partial charge >= 0.3 is 0 Å². The van der Waals surface area contributed by atoms with Crippen LogP contribution in [0.15, 0.2) is 60.7 Å². The van der Waals surface area contributed by atoms with E-state index in [9.17, 15) is 9.90 Å². The van der Waals surface area contributed by atoms with Crippen molar-refractivity contribution >= 4 is 5.78 Å². The normalized spacial score (nSPS) is 19.0. The Morgan fingerprint density at radius 3 is 1.87 bits per heavy atom. The fourth-order valence-electron chi connectivity index (χ4n) is 5.44. The first-order valence-corrected chi connectivity index (χ1v) is 17.4. The van der Waals surface area contributed by atoms with Crippen LogP contribution >= 0.6 is 0 Å². The number of carbonyl (C=O) groups excluding carboxylic acids is 1. The first-order chi connectivity index (χ1) is 22.1. The number of aliphatic hydroxyl groups excluding tert-OH is 2. The van der Waals surface area contributed by atoms with Gasteiger partial charge in [-0.25, -0.2) is 0 Å². The van der Waals surface area contributed by atoms with Crippen molar-refractivity contribution < 1.29 is 34.0 Å². The highest BCUT2D eigenvalue weighted by atomic mass is 16.7. The summed E-state index contributed by atoms with van der Waals surface area (Å²) in [6.45, 7) is 19.2. The lowest BCUT2D eigenvalue weighted by Crippen LogP contribution is -2.48. The molecule has 0 saturated carbocycles. The average Bonchev–Trinajstić information content (AvgIpc) is 3.08. The molecule has 1 heterocycles. The molecule has 3 rings (SSSR count). The van der Waals surface area contributed by atoms with Gasteiger partial charge < -0.3 is 29.2 Å². The van der Waals surface area contributed by atoms with Crippen LogP contribution in [0.3, 0.4) is 0 Å². The minimum Gasteiger partial charge on any atom is -0.396 e. The molecule has 1 aliphatic rings. The molecule has 0 spiro atoms. The molecule has 7 heteroatoms. The van der Waals surface area contributed by atoms with Crippen molar-refractivity contribution in [2.75, 3.05) is 26.4 Å². The fourth-order valence-corrected chi connectivity index (χ4v) is 5.44. The monoisotopic (exact) mass is 644 g/mol. The van der Waals surface area contributed by atoms with Gasteiger partial charge in [-0.3, -0.25) is 4.79 Å². The van der Waals surface area contributed by atoms with Crippen LogP contribution in [-0.4, -0.2) is 60.9 Å². The van der Waals surface area contributed by atoms with Gasteiger partial charge in [-0.15, -0.1) is 0 Å². The molecule has 46 heavy (non-hydrogen) atoms. The Bertz CT molecular complexity index is 1010. The second kappa shape index (κ2) is 24.1. The minimum absolute atomic E-state index is 0.0274. The number of ketones is 1. The summed E-state index contributed by atoms with van der Waals surface area (Å²) in [6.07, 6.45) is 3.27. The highest BCUT2D eigenvalue weighted by Gasteiger charge is 2.43. The maximum Gasteiger partial charge on any atom is 0.155 e. The van der Waals surface area contributed by atoms with Gasteiger partial charge in [0.1, 0.15) is 5.78 Å². The van der Waals surface area contributed by atoms with Crippen molar-refractivity contribution in [3.8, 4) is 0 Å². The SMILES string of the molecule is CC.CC1OCC[C@@H](C(C)(C)C(=O)C(C)[C@@H](O)C(C)CCCOCc2ccccc2)O1.C[C@H](CO)CCCOCc1ccccc1. The summed E-state index contributed by atoms with van der Waals surface area (Å²) in [7, 11) is 0. The quantitative estimate of drug-likeness (QED) is 0.159. The molecular weight excluding hydrogens is 580 g/mol.